The molecule has 7 nitrogen and oxygen atoms in total. The van der Waals surface area contributed by atoms with Gasteiger partial charge < -0.3 is 9.13 Å². The van der Waals surface area contributed by atoms with Gasteiger partial charge in [-0.3, -0.25) is 0 Å². The Morgan fingerprint density at radius 3 is 1.38 bits per heavy atom. The molecule has 3 aromatic heterocycles. The van der Waals surface area contributed by atoms with Crippen LogP contribution in [0.3, 0.4) is 0 Å². The van der Waals surface area contributed by atoms with Crippen molar-refractivity contribution in [1.29, 1.82) is 10.5 Å². The lowest BCUT2D eigenvalue weighted by Crippen LogP contribution is -2.04. The van der Waals surface area contributed by atoms with Gasteiger partial charge in [0.05, 0.1) is 51.0 Å². The van der Waals surface area contributed by atoms with Crippen LogP contribution in [0.1, 0.15) is 11.1 Å². The van der Waals surface area contributed by atoms with Crippen LogP contribution in [0.15, 0.2) is 237 Å². The monoisotopic (exact) mass is 917 g/mol. The van der Waals surface area contributed by atoms with Crippen LogP contribution >= 0.6 is 0 Å². The summed E-state index contributed by atoms with van der Waals surface area (Å²) in [6, 6.07) is 85.8. The van der Waals surface area contributed by atoms with Gasteiger partial charge in [0.1, 0.15) is 0 Å². The molecular formula is C65H39N7. The first-order chi connectivity index (χ1) is 35.6. The van der Waals surface area contributed by atoms with E-state index in [1.165, 1.54) is 0 Å². The highest BCUT2D eigenvalue weighted by Gasteiger charge is 2.23. The van der Waals surface area contributed by atoms with Crippen LogP contribution in [0.2, 0.25) is 0 Å². The molecule has 10 aromatic carbocycles. The van der Waals surface area contributed by atoms with Crippen LogP contribution in [-0.2, 0) is 0 Å². The highest BCUT2D eigenvalue weighted by molar-refractivity contribution is 6.16. The standard InChI is InChI=1S/C65H39N7/c66-40-42-15-12-21-46(35-42)48-29-32-58-54(37-48)55-38-49(47-22-13-16-43(36-47)41-67)30-33-59(55)72(58)60-34-31-50(52-26-14-28-61-62(52)53-25-10-11-27-57(53)71(61)51-23-8-3-9-24-51)39-56(60)65-69-63(44-17-4-1-5-18-44)68-64(70-65)45-19-6-2-7-20-45/h1-39H. The van der Waals surface area contributed by atoms with E-state index in [-0.39, 0.29) is 0 Å². The third kappa shape index (κ3) is 7.17. The highest BCUT2D eigenvalue weighted by atomic mass is 15.1. The topological polar surface area (TPSA) is 96.1 Å². The summed E-state index contributed by atoms with van der Waals surface area (Å²) >= 11 is 0. The molecule has 0 aliphatic carbocycles. The van der Waals surface area contributed by atoms with Gasteiger partial charge in [0.25, 0.3) is 0 Å². The van der Waals surface area contributed by atoms with Gasteiger partial charge in [0, 0.05) is 43.9 Å². The van der Waals surface area contributed by atoms with Gasteiger partial charge in [-0.05, 0) is 118 Å². The molecule has 0 radical (unpaired) electrons. The Kier molecular flexibility index (Phi) is 10.1. The number of nitriles is 2. The first kappa shape index (κ1) is 41.9. The summed E-state index contributed by atoms with van der Waals surface area (Å²) in [7, 11) is 0. The maximum atomic E-state index is 9.86. The fourth-order valence-electron chi connectivity index (χ4n) is 10.3. The summed E-state index contributed by atoms with van der Waals surface area (Å²) in [6.45, 7) is 0. The van der Waals surface area contributed by atoms with Crippen molar-refractivity contribution >= 4 is 43.6 Å². The summed E-state index contributed by atoms with van der Waals surface area (Å²) in [5.41, 5.74) is 16.0. The second kappa shape index (κ2) is 17.4. The molecule has 0 amide bonds. The Hall–Kier alpha value is -10.2. The lowest BCUT2D eigenvalue weighted by atomic mass is 9.96. The minimum atomic E-state index is 0.531. The fourth-order valence-corrected chi connectivity index (χ4v) is 10.3. The maximum Gasteiger partial charge on any atom is 0.166 e. The van der Waals surface area contributed by atoms with Gasteiger partial charge >= 0.3 is 0 Å². The van der Waals surface area contributed by atoms with Crippen molar-refractivity contribution in [3.8, 4) is 91.1 Å². The van der Waals surface area contributed by atoms with Crippen LogP contribution < -0.4 is 0 Å². The van der Waals surface area contributed by atoms with Crippen molar-refractivity contribution in [3.05, 3.63) is 248 Å². The molecule has 0 aliphatic heterocycles. The van der Waals surface area contributed by atoms with Crippen molar-refractivity contribution in [2.75, 3.05) is 0 Å². The Bertz CT molecular complexity index is 4180. The van der Waals surface area contributed by atoms with E-state index in [0.717, 1.165) is 105 Å². The van der Waals surface area contributed by atoms with Crippen LogP contribution in [0, 0.1) is 22.7 Å². The molecule has 0 bridgehead atoms. The van der Waals surface area contributed by atoms with Crippen LogP contribution in [0.25, 0.3) is 123 Å². The zero-order chi connectivity index (χ0) is 48.1. The molecule has 0 saturated carbocycles. The molecule has 0 N–H and O–H groups in total. The van der Waals surface area contributed by atoms with Gasteiger partial charge in [-0.15, -0.1) is 0 Å². The normalized spacial score (nSPS) is 11.3. The summed E-state index contributed by atoms with van der Waals surface area (Å²) < 4.78 is 4.67. The Morgan fingerprint density at radius 2 is 0.778 bits per heavy atom. The van der Waals surface area contributed by atoms with Crippen LogP contribution in [0.5, 0.6) is 0 Å². The van der Waals surface area contributed by atoms with E-state index < -0.39 is 0 Å². The SMILES string of the molecule is N#Cc1cccc(-c2ccc3c(c2)c2cc(-c4cccc(C#N)c4)ccc2n3-c2ccc(-c3cccc4c3c3ccccc3n4-c3ccccc3)cc2-c2nc(-c3ccccc3)nc(-c3ccccc3)n2)c1. The minimum absolute atomic E-state index is 0.531. The van der Waals surface area contributed by atoms with Crippen molar-refractivity contribution in [1.82, 2.24) is 24.1 Å². The van der Waals surface area contributed by atoms with Gasteiger partial charge in [0.2, 0.25) is 0 Å². The average molecular weight is 918 g/mol. The van der Waals surface area contributed by atoms with Crippen molar-refractivity contribution in [2.24, 2.45) is 0 Å². The molecule has 13 aromatic rings. The molecular weight excluding hydrogens is 879 g/mol. The van der Waals surface area contributed by atoms with Crippen LogP contribution in [-0.4, -0.2) is 24.1 Å². The second-order valence-corrected chi connectivity index (χ2v) is 17.8. The number of rotatable bonds is 8. The molecule has 7 heteroatoms. The molecule has 0 atom stereocenters. The Morgan fingerprint density at radius 1 is 0.306 bits per heavy atom. The summed E-state index contributed by atoms with van der Waals surface area (Å²) in [6.07, 6.45) is 0. The van der Waals surface area contributed by atoms with Crippen molar-refractivity contribution in [2.45, 2.75) is 0 Å². The Balaban J connectivity index is 1.12. The molecule has 13 rings (SSSR count). The predicted molar refractivity (Wildman–Crippen MR) is 291 cm³/mol. The third-order valence-corrected chi connectivity index (χ3v) is 13.6. The Labute approximate surface area is 415 Å². The first-order valence-corrected chi connectivity index (χ1v) is 23.8. The van der Waals surface area contributed by atoms with E-state index >= 15 is 0 Å². The summed E-state index contributed by atoms with van der Waals surface area (Å²) in [5.74, 6) is 1.67. The zero-order valence-corrected chi connectivity index (χ0v) is 38.6. The summed E-state index contributed by atoms with van der Waals surface area (Å²) in [5, 5.41) is 24.1. The molecule has 3 heterocycles. The van der Waals surface area contributed by atoms with Crippen molar-refractivity contribution < 1.29 is 0 Å². The molecule has 0 aliphatic rings. The van der Waals surface area contributed by atoms with Gasteiger partial charge in [-0.2, -0.15) is 10.5 Å². The number of hydrogen-bond donors (Lipinski definition) is 0. The smallest absolute Gasteiger partial charge is 0.166 e. The molecule has 0 spiro atoms. The number of hydrogen-bond acceptors (Lipinski definition) is 5. The van der Waals surface area contributed by atoms with E-state index in [9.17, 15) is 10.5 Å². The van der Waals surface area contributed by atoms with E-state index in [2.05, 4.69) is 149 Å². The minimum Gasteiger partial charge on any atom is -0.309 e. The van der Waals surface area contributed by atoms with E-state index in [1.807, 2.05) is 109 Å². The van der Waals surface area contributed by atoms with Gasteiger partial charge in [0.15, 0.2) is 17.5 Å². The molecule has 72 heavy (non-hydrogen) atoms. The van der Waals surface area contributed by atoms with E-state index in [0.29, 0.717) is 28.6 Å². The number of para-hydroxylation sites is 2. The number of aromatic nitrogens is 5. The quantitative estimate of drug-likeness (QED) is 0.151. The molecule has 0 saturated heterocycles. The van der Waals surface area contributed by atoms with Gasteiger partial charge in [-0.25, -0.2) is 15.0 Å². The second-order valence-electron chi connectivity index (χ2n) is 17.8. The largest absolute Gasteiger partial charge is 0.309 e. The number of fused-ring (bicyclic) bond motifs is 6. The van der Waals surface area contributed by atoms with Crippen LogP contribution in [0.4, 0.5) is 0 Å². The predicted octanol–water partition coefficient (Wildman–Crippen LogP) is 15.8. The fraction of sp³-hybridized carbons (Fsp3) is 0. The number of benzene rings is 10. The zero-order valence-electron chi connectivity index (χ0n) is 38.6. The molecule has 0 unspecified atom stereocenters. The molecule has 334 valence electrons. The lowest BCUT2D eigenvalue weighted by Gasteiger charge is -2.17. The van der Waals surface area contributed by atoms with Gasteiger partial charge in [-0.1, -0.05) is 152 Å². The number of nitrogens with zero attached hydrogens (tertiary/aromatic N) is 7. The van der Waals surface area contributed by atoms with E-state index in [1.54, 1.807) is 0 Å². The maximum absolute atomic E-state index is 9.86. The van der Waals surface area contributed by atoms with Crippen molar-refractivity contribution in [3.63, 3.8) is 0 Å². The lowest BCUT2D eigenvalue weighted by molar-refractivity contribution is 1.06. The highest BCUT2D eigenvalue weighted by Crippen LogP contribution is 2.44. The first-order valence-electron chi connectivity index (χ1n) is 23.8. The van der Waals surface area contributed by atoms with E-state index in [4.69, 9.17) is 15.0 Å². The summed E-state index contributed by atoms with van der Waals surface area (Å²) in [4.78, 5) is 15.8. The third-order valence-electron chi connectivity index (χ3n) is 13.6. The molecule has 0 fully saturated rings. The average Bonchev–Trinajstić information content (AvgIpc) is 3.98.